The van der Waals surface area contributed by atoms with Crippen LogP contribution in [0.1, 0.15) is 96.0 Å². The number of allylic oxidation sites excluding steroid dienone is 3. The summed E-state index contributed by atoms with van der Waals surface area (Å²) in [6.07, 6.45) is 10.4. The molecule has 0 aromatic rings. The molecular formula is C27H44O2. The van der Waals surface area contributed by atoms with Crippen molar-refractivity contribution in [3.63, 3.8) is 0 Å². The van der Waals surface area contributed by atoms with Gasteiger partial charge in [0, 0.05) is 6.42 Å². The molecule has 0 spiro atoms. The van der Waals surface area contributed by atoms with Gasteiger partial charge in [0.25, 0.3) is 0 Å². The van der Waals surface area contributed by atoms with Crippen LogP contribution >= 0.6 is 0 Å². The first-order valence-corrected chi connectivity index (χ1v) is 12.0. The summed E-state index contributed by atoms with van der Waals surface area (Å²) >= 11 is 0. The molecule has 29 heavy (non-hydrogen) atoms. The molecule has 2 N–H and O–H groups in total. The third kappa shape index (κ3) is 5.07. The van der Waals surface area contributed by atoms with Gasteiger partial charge in [0.15, 0.2) is 0 Å². The zero-order valence-corrected chi connectivity index (χ0v) is 19.0. The fourth-order valence-corrected chi connectivity index (χ4v) is 6.56. The first-order chi connectivity index (χ1) is 15.0. The van der Waals surface area contributed by atoms with E-state index in [4.69, 9.17) is 4.11 Å². The minimum absolute atomic E-state index is 0.140. The Labute approximate surface area is 183 Å². The van der Waals surface area contributed by atoms with Crippen LogP contribution in [-0.2, 0) is 0 Å². The van der Waals surface area contributed by atoms with Gasteiger partial charge in [-0.05, 0) is 78.8 Å². The number of rotatable bonds is 6. The smallest absolute Gasteiger partial charge is 0.0811 e. The molecule has 3 aliphatic carbocycles. The Kier molecular flexibility index (Phi) is 6.19. The standard InChI is InChI=1S/C27H44O2/c1-18(2)8-6-9-19(3)24-13-14-25-21(10-7-15-27(24,25)5)11-12-22-16-23(28)17-26(29)20(22)4/h11-12,18-19,23-26,28-29H,4,6-10,13-17H2,1-3,5H3/b21-11+,22-12-/t19-,23-,24-,25+,26+,27-/m1/s1/i4D2,12D. The van der Waals surface area contributed by atoms with Gasteiger partial charge in [0.05, 0.1) is 16.3 Å². The second-order valence-electron chi connectivity index (χ2n) is 10.8. The van der Waals surface area contributed by atoms with Gasteiger partial charge in [-0.2, -0.15) is 0 Å². The van der Waals surface area contributed by atoms with Gasteiger partial charge >= 0.3 is 0 Å². The SMILES string of the molecule is [2H]C([2H])=C1/C(=C([2H])\C=C2/CCC[C@]3(C)[C@@H]([C@H](C)CCCC(C)C)CC[C@@H]23)C[C@@H](O)C[C@@H]1O. The lowest BCUT2D eigenvalue weighted by Crippen LogP contribution is -2.36. The van der Waals surface area contributed by atoms with Crippen molar-refractivity contribution in [1.29, 1.82) is 0 Å². The van der Waals surface area contributed by atoms with Crippen LogP contribution in [0.2, 0.25) is 0 Å². The molecule has 3 saturated carbocycles. The van der Waals surface area contributed by atoms with Crippen molar-refractivity contribution in [3.8, 4) is 0 Å². The van der Waals surface area contributed by atoms with Gasteiger partial charge in [-0.1, -0.05) is 71.2 Å². The number of hydrogen-bond acceptors (Lipinski definition) is 2. The third-order valence-corrected chi connectivity index (χ3v) is 8.19. The van der Waals surface area contributed by atoms with Crippen molar-refractivity contribution < 1.29 is 14.3 Å². The lowest BCUT2D eigenvalue weighted by Gasteiger charge is -2.44. The molecule has 6 atom stereocenters. The Hall–Kier alpha value is -0.860. The van der Waals surface area contributed by atoms with Crippen molar-refractivity contribution in [2.24, 2.45) is 29.1 Å². The Balaban J connectivity index is 1.84. The van der Waals surface area contributed by atoms with Crippen molar-refractivity contribution in [3.05, 3.63) is 35.4 Å². The highest BCUT2D eigenvalue weighted by Gasteiger charge is 2.50. The summed E-state index contributed by atoms with van der Waals surface area (Å²) in [5.41, 5.74) is 2.32. The summed E-state index contributed by atoms with van der Waals surface area (Å²) in [6, 6.07) is 0.280. The fourth-order valence-electron chi connectivity index (χ4n) is 6.56. The Morgan fingerprint density at radius 1 is 1.28 bits per heavy atom. The van der Waals surface area contributed by atoms with Crippen LogP contribution < -0.4 is 0 Å². The van der Waals surface area contributed by atoms with E-state index in [1.54, 1.807) is 0 Å². The minimum Gasteiger partial charge on any atom is -0.393 e. The predicted octanol–water partition coefficient (Wildman–Crippen LogP) is 6.59. The van der Waals surface area contributed by atoms with Gasteiger partial charge in [-0.15, -0.1) is 0 Å². The van der Waals surface area contributed by atoms with Crippen LogP contribution in [0.15, 0.2) is 35.4 Å². The molecule has 3 aliphatic rings. The highest BCUT2D eigenvalue weighted by atomic mass is 16.3. The second kappa shape index (κ2) is 9.52. The van der Waals surface area contributed by atoms with Crippen molar-refractivity contribution in [1.82, 2.24) is 0 Å². The van der Waals surface area contributed by atoms with Crippen LogP contribution in [0, 0.1) is 29.1 Å². The highest BCUT2D eigenvalue weighted by Crippen LogP contribution is 2.59. The number of aliphatic hydroxyl groups is 2. The van der Waals surface area contributed by atoms with E-state index in [0.29, 0.717) is 11.5 Å². The molecule has 0 aromatic carbocycles. The molecule has 0 bridgehead atoms. The molecule has 0 aromatic heterocycles. The van der Waals surface area contributed by atoms with Crippen molar-refractivity contribution in [2.45, 2.75) is 104 Å². The number of aliphatic hydroxyl groups excluding tert-OH is 2. The molecule has 2 nitrogen and oxygen atoms in total. The Bertz CT molecular complexity index is 765. The molecule has 0 heterocycles. The van der Waals surface area contributed by atoms with Gasteiger partial charge in [0.1, 0.15) is 0 Å². The average Bonchev–Trinajstić information content (AvgIpc) is 3.04. The molecule has 0 aliphatic heterocycles. The molecule has 3 rings (SSSR count). The van der Waals surface area contributed by atoms with Crippen LogP contribution in [0.3, 0.4) is 0 Å². The third-order valence-electron chi connectivity index (χ3n) is 8.19. The molecule has 0 unspecified atom stereocenters. The monoisotopic (exact) mass is 403 g/mol. The topological polar surface area (TPSA) is 40.5 Å². The zero-order valence-electron chi connectivity index (χ0n) is 22.0. The maximum absolute atomic E-state index is 10.3. The van der Waals surface area contributed by atoms with E-state index in [1.807, 2.05) is 6.08 Å². The fraction of sp³-hybridized carbons (Fsp3) is 0.778. The number of fused-ring (bicyclic) bond motifs is 1. The summed E-state index contributed by atoms with van der Waals surface area (Å²) in [5.74, 6) is 2.72. The van der Waals surface area contributed by atoms with Crippen LogP contribution in [0.4, 0.5) is 0 Å². The zero-order chi connectivity index (χ0) is 23.6. The minimum atomic E-state index is -1.03. The molecule has 0 amide bonds. The normalized spacial score (nSPS) is 41.0. The van der Waals surface area contributed by atoms with Gasteiger partial charge in [-0.3, -0.25) is 0 Å². The summed E-state index contributed by atoms with van der Waals surface area (Å²) in [7, 11) is 0. The second-order valence-corrected chi connectivity index (χ2v) is 10.8. The van der Waals surface area contributed by atoms with E-state index in [1.165, 1.54) is 44.1 Å². The maximum atomic E-state index is 10.3. The predicted molar refractivity (Wildman–Crippen MR) is 123 cm³/mol. The van der Waals surface area contributed by atoms with Gasteiger partial charge < -0.3 is 10.2 Å². The highest BCUT2D eigenvalue weighted by molar-refractivity contribution is 5.38. The van der Waals surface area contributed by atoms with E-state index in [2.05, 4.69) is 27.7 Å². The molecule has 3 fully saturated rings. The Morgan fingerprint density at radius 2 is 2.07 bits per heavy atom. The average molecular weight is 404 g/mol. The van der Waals surface area contributed by atoms with E-state index >= 15 is 0 Å². The van der Waals surface area contributed by atoms with Crippen LogP contribution in [-0.4, -0.2) is 22.4 Å². The lowest BCUT2D eigenvalue weighted by atomic mass is 9.60. The quantitative estimate of drug-likeness (QED) is 0.525. The number of hydrogen-bond donors (Lipinski definition) is 2. The summed E-state index contributed by atoms with van der Waals surface area (Å²) < 4.78 is 24.3. The Morgan fingerprint density at radius 3 is 2.79 bits per heavy atom. The summed E-state index contributed by atoms with van der Waals surface area (Å²) in [5, 5.41) is 20.5. The maximum Gasteiger partial charge on any atom is 0.0811 e. The molecule has 2 heteroatoms. The molecule has 164 valence electrons. The van der Waals surface area contributed by atoms with Crippen molar-refractivity contribution >= 4 is 0 Å². The first-order valence-electron chi connectivity index (χ1n) is 13.5. The summed E-state index contributed by atoms with van der Waals surface area (Å²) in [6.45, 7) is 9.09. The summed E-state index contributed by atoms with van der Waals surface area (Å²) in [4.78, 5) is 0. The van der Waals surface area contributed by atoms with Gasteiger partial charge in [0.2, 0.25) is 0 Å². The lowest BCUT2D eigenvalue weighted by molar-refractivity contribution is 0.0861. The van der Waals surface area contributed by atoms with Crippen LogP contribution in [0.25, 0.3) is 0 Å². The molecule has 0 radical (unpaired) electrons. The van der Waals surface area contributed by atoms with E-state index in [0.717, 1.165) is 30.6 Å². The van der Waals surface area contributed by atoms with Crippen LogP contribution in [0.5, 0.6) is 0 Å². The first kappa shape index (κ1) is 18.9. The van der Waals surface area contributed by atoms with E-state index in [-0.39, 0.29) is 29.9 Å². The largest absolute Gasteiger partial charge is 0.393 e. The van der Waals surface area contributed by atoms with E-state index < -0.39 is 18.7 Å². The van der Waals surface area contributed by atoms with Crippen molar-refractivity contribution in [2.75, 3.05) is 0 Å². The molecular weight excluding hydrogens is 356 g/mol. The van der Waals surface area contributed by atoms with E-state index in [9.17, 15) is 10.2 Å². The molecule has 0 saturated heterocycles. The van der Waals surface area contributed by atoms with Gasteiger partial charge in [-0.25, -0.2) is 0 Å².